The second-order valence-corrected chi connectivity index (χ2v) is 7.19. The van der Waals surface area contributed by atoms with Gasteiger partial charge >= 0.3 is 0 Å². The third kappa shape index (κ3) is 4.37. The minimum absolute atomic E-state index is 0.00250. The molecule has 139 valence electrons. The molecule has 4 rings (SSSR count). The Labute approximate surface area is 167 Å². The van der Waals surface area contributed by atoms with E-state index in [1.807, 2.05) is 41.4 Å². The van der Waals surface area contributed by atoms with Crippen molar-refractivity contribution < 1.29 is 4.79 Å². The number of hydrogen-bond acceptors (Lipinski definition) is 5. The first-order valence-corrected chi connectivity index (χ1v) is 9.86. The van der Waals surface area contributed by atoms with E-state index in [1.165, 1.54) is 13.0 Å². The van der Waals surface area contributed by atoms with Crippen molar-refractivity contribution in [1.82, 2.24) is 24.5 Å². The molecule has 0 N–H and O–H groups in total. The fraction of sp³-hybridized carbons (Fsp3) is 0.143. The predicted molar refractivity (Wildman–Crippen MR) is 111 cm³/mol. The van der Waals surface area contributed by atoms with Crippen molar-refractivity contribution in [3.05, 3.63) is 77.9 Å². The largest absolute Gasteiger partial charge is 0.295 e. The molecule has 0 bridgehead atoms. The van der Waals surface area contributed by atoms with Crippen molar-refractivity contribution in [1.29, 1.82) is 0 Å². The van der Waals surface area contributed by atoms with Crippen LogP contribution in [0.2, 0.25) is 0 Å². The van der Waals surface area contributed by atoms with Crippen LogP contribution in [0.25, 0.3) is 23.0 Å². The first kappa shape index (κ1) is 18.2. The molecule has 6 nitrogen and oxygen atoms in total. The molecule has 28 heavy (non-hydrogen) atoms. The van der Waals surface area contributed by atoms with Gasteiger partial charge in [-0.3, -0.25) is 14.5 Å². The smallest absolute Gasteiger partial charge is 0.152 e. The molecular weight excluding hydrogens is 370 g/mol. The van der Waals surface area contributed by atoms with E-state index in [0.717, 1.165) is 34.1 Å². The van der Waals surface area contributed by atoms with Crippen LogP contribution in [0.15, 0.2) is 60.4 Å². The molecule has 4 heterocycles. The Kier molecular flexibility index (Phi) is 5.34. The van der Waals surface area contributed by atoms with Crippen molar-refractivity contribution >= 4 is 29.3 Å². The normalized spacial score (nSPS) is 13.8. The van der Waals surface area contributed by atoms with Crippen LogP contribution in [-0.4, -0.2) is 36.1 Å². The van der Waals surface area contributed by atoms with Gasteiger partial charge in [-0.1, -0.05) is 6.07 Å². The van der Waals surface area contributed by atoms with E-state index in [-0.39, 0.29) is 5.78 Å². The van der Waals surface area contributed by atoms with Gasteiger partial charge in [-0.05, 0) is 48.8 Å². The lowest BCUT2D eigenvalue weighted by Gasteiger charge is -2.05. The highest BCUT2D eigenvalue weighted by Gasteiger charge is 2.09. The molecule has 0 amide bonds. The van der Waals surface area contributed by atoms with E-state index in [4.69, 9.17) is 0 Å². The summed E-state index contributed by atoms with van der Waals surface area (Å²) in [4.78, 5) is 15.6. The number of carbonyl (C=O) groups is 1. The van der Waals surface area contributed by atoms with Crippen molar-refractivity contribution in [3.8, 4) is 11.3 Å². The number of pyridine rings is 1. The number of carbonyl (C=O) groups excluding carboxylic acids is 1. The molecule has 3 aromatic heterocycles. The van der Waals surface area contributed by atoms with Crippen LogP contribution in [0.3, 0.4) is 0 Å². The van der Waals surface area contributed by atoms with Crippen LogP contribution in [-0.2, 0) is 11.3 Å². The van der Waals surface area contributed by atoms with E-state index in [2.05, 4.69) is 32.7 Å². The lowest BCUT2D eigenvalue weighted by molar-refractivity contribution is -0.112. The fourth-order valence-electron chi connectivity index (χ4n) is 2.72. The average Bonchev–Trinajstić information content (AvgIpc) is 3.37. The summed E-state index contributed by atoms with van der Waals surface area (Å²) in [5.74, 6) is 0.951. The van der Waals surface area contributed by atoms with Gasteiger partial charge in [0.1, 0.15) is 5.69 Å². The Hall–Kier alpha value is -3.19. The molecular formula is C21H18N5OS. The molecule has 0 aliphatic carbocycles. The number of allylic oxidation sites excluding steroid dienone is 3. The zero-order chi connectivity index (χ0) is 19.3. The number of thioether (sulfide) groups is 1. The second-order valence-electron chi connectivity index (χ2n) is 6.26. The van der Waals surface area contributed by atoms with Crippen LogP contribution in [0, 0.1) is 6.07 Å². The van der Waals surface area contributed by atoms with E-state index in [0.29, 0.717) is 6.54 Å². The summed E-state index contributed by atoms with van der Waals surface area (Å²) in [7, 11) is 0. The van der Waals surface area contributed by atoms with Gasteiger partial charge in [0.15, 0.2) is 5.78 Å². The maximum atomic E-state index is 11.1. The summed E-state index contributed by atoms with van der Waals surface area (Å²) in [6.07, 6.45) is 13.0. The molecule has 0 aromatic carbocycles. The summed E-state index contributed by atoms with van der Waals surface area (Å²) in [5, 5.41) is 11.1. The van der Waals surface area contributed by atoms with E-state index >= 15 is 0 Å². The lowest BCUT2D eigenvalue weighted by Crippen LogP contribution is -2.03. The maximum Gasteiger partial charge on any atom is 0.152 e. The molecule has 0 fully saturated rings. The molecule has 3 aromatic rings. The molecule has 1 aliphatic rings. The van der Waals surface area contributed by atoms with Gasteiger partial charge in [0.2, 0.25) is 0 Å². The highest BCUT2D eigenvalue weighted by Crippen LogP contribution is 2.21. The van der Waals surface area contributed by atoms with E-state index in [1.54, 1.807) is 28.7 Å². The highest BCUT2D eigenvalue weighted by atomic mass is 32.2. The number of ketones is 1. The van der Waals surface area contributed by atoms with Gasteiger partial charge in [0, 0.05) is 29.8 Å². The summed E-state index contributed by atoms with van der Waals surface area (Å²) < 4.78 is 3.65. The Balaban J connectivity index is 1.49. The quantitative estimate of drug-likeness (QED) is 0.603. The third-order valence-electron chi connectivity index (χ3n) is 4.06. The molecule has 0 saturated carbocycles. The number of nitrogens with zero attached hydrogens (tertiary/aromatic N) is 5. The van der Waals surface area contributed by atoms with Crippen LogP contribution in [0.1, 0.15) is 18.3 Å². The van der Waals surface area contributed by atoms with Gasteiger partial charge in [0.05, 0.1) is 29.8 Å². The molecule has 0 atom stereocenters. The third-order valence-corrected chi connectivity index (χ3v) is 4.75. The van der Waals surface area contributed by atoms with E-state index in [9.17, 15) is 4.79 Å². The standard InChI is InChI=1S/C21H18N5OS/c1-16(27)5-6-18-3-2-4-19(23-18)15-25-10-7-21(24-25)17-13-22-26(14-17)20-8-11-28-12-9-20/h2-6,8-11,13-14H,12,15H2,1H3. The first-order valence-electron chi connectivity index (χ1n) is 8.81. The summed E-state index contributed by atoms with van der Waals surface area (Å²) in [6.45, 7) is 2.04. The molecule has 0 spiro atoms. The topological polar surface area (TPSA) is 65.6 Å². The summed E-state index contributed by atoms with van der Waals surface area (Å²) >= 11 is 1.76. The maximum absolute atomic E-state index is 11.1. The van der Waals surface area contributed by atoms with Crippen LogP contribution in [0.4, 0.5) is 0 Å². The lowest BCUT2D eigenvalue weighted by atomic mass is 10.2. The Morgan fingerprint density at radius 1 is 1.39 bits per heavy atom. The van der Waals surface area contributed by atoms with Crippen LogP contribution in [0.5, 0.6) is 0 Å². The molecule has 0 saturated heterocycles. The monoisotopic (exact) mass is 388 g/mol. The molecule has 1 radical (unpaired) electrons. The van der Waals surface area contributed by atoms with Crippen molar-refractivity contribution in [3.63, 3.8) is 0 Å². The van der Waals surface area contributed by atoms with Gasteiger partial charge in [0.25, 0.3) is 0 Å². The summed E-state index contributed by atoms with van der Waals surface area (Å²) in [6, 6.07) is 8.91. The van der Waals surface area contributed by atoms with E-state index < -0.39 is 0 Å². The minimum Gasteiger partial charge on any atom is -0.295 e. The fourth-order valence-corrected chi connectivity index (χ4v) is 3.34. The number of hydrogen-bond donors (Lipinski definition) is 0. The first-order chi connectivity index (χ1) is 13.7. The Morgan fingerprint density at radius 2 is 2.32 bits per heavy atom. The predicted octanol–water partition coefficient (Wildman–Crippen LogP) is 3.69. The van der Waals surface area contributed by atoms with Crippen molar-refractivity contribution in [2.45, 2.75) is 13.5 Å². The van der Waals surface area contributed by atoms with Crippen molar-refractivity contribution in [2.24, 2.45) is 0 Å². The molecule has 7 heteroatoms. The minimum atomic E-state index is -0.00250. The Bertz CT molecular complexity index is 1090. The SMILES string of the molecule is CC(=O)C=Cc1cccc(Cn2c[c]c(-c3cnn(C4=CCSC=C4)c3)n2)n1. The number of rotatable bonds is 6. The number of aromatic nitrogens is 5. The van der Waals surface area contributed by atoms with Crippen molar-refractivity contribution in [2.75, 3.05) is 5.75 Å². The highest BCUT2D eigenvalue weighted by molar-refractivity contribution is 8.02. The van der Waals surface area contributed by atoms with Gasteiger partial charge < -0.3 is 0 Å². The van der Waals surface area contributed by atoms with Gasteiger partial charge in [-0.2, -0.15) is 10.2 Å². The summed E-state index contributed by atoms with van der Waals surface area (Å²) in [5.41, 5.74) is 4.33. The van der Waals surface area contributed by atoms with Crippen LogP contribution >= 0.6 is 11.8 Å². The average molecular weight is 388 g/mol. The van der Waals surface area contributed by atoms with Gasteiger partial charge in [-0.15, -0.1) is 11.8 Å². The zero-order valence-corrected chi connectivity index (χ0v) is 16.1. The molecule has 0 unspecified atom stereocenters. The Morgan fingerprint density at radius 3 is 3.14 bits per heavy atom. The van der Waals surface area contributed by atoms with Gasteiger partial charge in [-0.25, -0.2) is 4.68 Å². The molecule has 1 aliphatic heterocycles. The second kappa shape index (κ2) is 8.22. The zero-order valence-electron chi connectivity index (χ0n) is 15.3. The van der Waals surface area contributed by atoms with Crippen LogP contribution < -0.4 is 0 Å².